The molecule has 29 heavy (non-hydrogen) atoms. The van der Waals surface area contributed by atoms with E-state index in [2.05, 4.69) is 58.3 Å². The Bertz CT molecular complexity index is 1060. The molecule has 1 amide bonds. The van der Waals surface area contributed by atoms with Crippen molar-refractivity contribution in [3.05, 3.63) is 64.1 Å². The van der Waals surface area contributed by atoms with Gasteiger partial charge in [-0.15, -0.1) is 11.3 Å². The second-order valence-electron chi connectivity index (χ2n) is 7.90. The predicted molar refractivity (Wildman–Crippen MR) is 115 cm³/mol. The molecular weight excluding hydrogens is 384 g/mol. The van der Waals surface area contributed by atoms with E-state index in [9.17, 15) is 4.79 Å². The average Bonchev–Trinajstić information content (AvgIpc) is 3.39. The summed E-state index contributed by atoms with van der Waals surface area (Å²) in [5.41, 5.74) is 4.25. The average molecular weight is 409 g/mol. The second kappa shape index (κ2) is 7.31. The Balaban J connectivity index is 1.33. The first-order chi connectivity index (χ1) is 14.1. The van der Waals surface area contributed by atoms with E-state index in [1.165, 1.54) is 16.1 Å². The van der Waals surface area contributed by atoms with Gasteiger partial charge in [0.2, 0.25) is 0 Å². The third-order valence-corrected chi connectivity index (χ3v) is 6.79. The number of rotatable bonds is 4. The number of para-hydroxylation sites is 1. The third-order valence-electron chi connectivity index (χ3n) is 5.79. The lowest BCUT2D eigenvalue weighted by Gasteiger charge is -2.24. The van der Waals surface area contributed by atoms with Crippen LogP contribution < -0.4 is 10.2 Å². The smallest absolute Gasteiger partial charge is 0.261 e. The fraction of sp³-hybridized carbons (Fsp3) is 0.364. The van der Waals surface area contributed by atoms with Crippen LogP contribution in [0.25, 0.3) is 0 Å². The monoisotopic (exact) mass is 408 g/mol. The standard InChI is InChI=1S/C22H24N4O2S/c1-14-11-15-5-3-4-6-18(15)26(14)12-19-16(8-10-28-19)21(27)24-22-23-17-7-9-25(2)13-20(17)29-22/h3-6,8,10,14H,7,9,11-13H2,1-2H3,(H,23,24,27). The van der Waals surface area contributed by atoms with Crippen LogP contribution in [0.3, 0.4) is 0 Å². The molecule has 6 nitrogen and oxygen atoms in total. The van der Waals surface area contributed by atoms with Crippen molar-refractivity contribution in [1.82, 2.24) is 9.88 Å². The lowest BCUT2D eigenvalue weighted by Crippen LogP contribution is -2.29. The minimum Gasteiger partial charge on any atom is -0.467 e. The van der Waals surface area contributed by atoms with E-state index in [0.717, 1.165) is 31.6 Å². The van der Waals surface area contributed by atoms with Crippen LogP contribution in [0.2, 0.25) is 0 Å². The van der Waals surface area contributed by atoms with Crippen molar-refractivity contribution < 1.29 is 9.21 Å². The first-order valence-electron chi connectivity index (χ1n) is 9.98. The van der Waals surface area contributed by atoms with Crippen molar-refractivity contribution in [3.8, 4) is 0 Å². The molecule has 4 heterocycles. The summed E-state index contributed by atoms with van der Waals surface area (Å²) in [4.78, 5) is 23.4. The van der Waals surface area contributed by atoms with Crippen LogP contribution in [0.15, 0.2) is 41.0 Å². The summed E-state index contributed by atoms with van der Waals surface area (Å²) in [7, 11) is 2.11. The number of anilines is 2. The zero-order chi connectivity index (χ0) is 20.0. The zero-order valence-corrected chi connectivity index (χ0v) is 17.5. The topological polar surface area (TPSA) is 61.6 Å². The molecule has 0 saturated carbocycles. The lowest BCUT2D eigenvalue weighted by molar-refractivity contribution is 0.102. The molecule has 0 radical (unpaired) electrons. The molecule has 7 heteroatoms. The van der Waals surface area contributed by atoms with E-state index < -0.39 is 0 Å². The molecule has 0 spiro atoms. The Kier molecular flexibility index (Phi) is 4.64. The van der Waals surface area contributed by atoms with E-state index >= 15 is 0 Å². The number of aromatic nitrogens is 1. The Morgan fingerprint density at radius 1 is 1.34 bits per heavy atom. The maximum Gasteiger partial charge on any atom is 0.261 e. The van der Waals surface area contributed by atoms with Gasteiger partial charge in [-0.2, -0.15) is 0 Å². The molecule has 1 atom stereocenters. The number of hydrogen-bond acceptors (Lipinski definition) is 6. The molecule has 0 fully saturated rings. The first-order valence-corrected chi connectivity index (χ1v) is 10.8. The van der Waals surface area contributed by atoms with Crippen LogP contribution in [-0.4, -0.2) is 35.4 Å². The van der Waals surface area contributed by atoms with Gasteiger partial charge < -0.3 is 14.2 Å². The van der Waals surface area contributed by atoms with Crippen molar-refractivity contribution in [1.29, 1.82) is 0 Å². The Morgan fingerprint density at radius 2 is 2.21 bits per heavy atom. The third kappa shape index (κ3) is 3.45. The number of furan rings is 1. The van der Waals surface area contributed by atoms with Crippen LogP contribution in [0.4, 0.5) is 10.8 Å². The minimum absolute atomic E-state index is 0.159. The SMILES string of the molecule is CC1Cc2ccccc2N1Cc1occc1C(=O)Nc1nc2c(s1)CN(C)CC2. The molecule has 0 aliphatic carbocycles. The number of carbonyl (C=O) groups excluding carboxylic acids is 1. The van der Waals surface area contributed by atoms with Gasteiger partial charge in [0.1, 0.15) is 5.76 Å². The highest BCUT2D eigenvalue weighted by molar-refractivity contribution is 7.15. The number of carbonyl (C=O) groups is 1. The van der Waals surface area contributed by atoms with Crippen molar-refractivity contribution >= 4 is 28.1 Å². The van der Waals surface area contributed by atoms with Crippen LogP contribution in [0, 0.1) is 0 Å². The van der Waals surface area contributed by atoms with Crippen LogP contribution in [0.1, 0.15) is 39.2 Å². The van der Waals surface area contributed by atoms with Gasteiger partial charge in [0, 0.05) is 36.1 Å². The van der Waals surface area contributed by atoms with Crippen LogP contribution >= 0.6 is 11.3 Å². The molecular formula is C22H24N4O2S. The van der Waals surface area contributed by atoms with Crippen molar-refractivity contribution in [2.75, 3.05) is 23.8 Å². The number of amides is 1. The molecule has 0 saturated heterocycles. The number of fused-ring (bicyclic) bond motifs is 2. The van der Waals surface area contributed by atoms with E-state index in [-0.39, 0.29) is 5.91 Å². The number of nitrogens with one attached hydrogen (secondary N) is 1. The summed E-state index contributed by atoms with van der Waals surface area (Å²) >= 11 is 1.57. The Labute approximate surface area is 174 Å². The fourth-order valence-corrected chi connectivity index (χ4v) is 5.32. The molecule has 0 bridgehead atoms. The zero-order valence-electron chi connectivity index (χ0n) is 16.6. The molecule has 150 valence electrons. The summed E-state index contributed by atoms with van der Waals surface area (Å²) in [6, 6.07) is 10.6. The van der Waals surface area contributed by atoms with Gasteiger partial charge >= 0.3 is 0 Å². The minimum atomic E-state index is -0.159. The summed E-state index contributed by atoms with van der Waals surface area (Å²) < 4.78 is 5.72. The number of thiazole rings is 1. The van der Waals surface area contributed by atoms with Gasteiger partial charge in [-0.3, -0.25) is 10.1 Å². The molecule has 3 aromatic rings. The second-order valence-corrected chi connectivity index (χ2v) is 8.98. The fourth-order valence-electron chi connectivity index (χ4n) is 4.23. The van der Waals surface area contributed by atoms with E-state index in [4.69, 9.17) is 4.42 Å². The summed E-state index contributed by atoms with van der Waals surface area (Å²) in [6.45, 7) is 4.68. The largest absolute Gasteiger partial charge is 0.467 e. The highest BCUT2D eigenvalue weighted by Crippen LogP contribution is 2.34. The number of likely N-dealkylation sites (N-methyl/N-ethyl adjacent to an activating group) is 1. The van der Waals surface area contributed by atoms with Gasteiger partial charge in [-0.25, -0.2) is 4.98 Å². The highest BCUT2D eigenvalue weighted by atomic mass is 32.1. The Hall–Kier alpha value is -2.64. The molecule has 5 rings (SSSR count). The van der Waals surface area contributed by atoms with Gasteiger partial charge in [-0.05, 0) is 38.1 Å². The maximum absolute atomic E-state index is 12.9. The normalized spacial score (nSPS) is 18.6. The van der Waals surface area contributed by atoms with Gasteiger partial charge in [0.15, 0.2) is 5.13 Å². The van der Waals surface area contributed by atoms with Crippen LogP contribution in [0.5, 0.6) is 0 Å². The summed E-state index contributed by atoms with van der Waals surface area (Å²) in [5, 5.41) is 3.65. The highest BCUT2D eigenvalue weighted by Gasteiger charge is 2.28. The summed E-state index contributed by atoms with van der Waals surface area (Å²) in [5.74, 6) is 0.528. The number of hydrogen-bond donors (Lipinski definition) is 1. The van der Waals surface area contributed by atoms with Gasteiger partial charge in [-0.1, -0.05) is 18.2 Å². The molecule has 1 N–H and O–H groups in total. The molecule has 2 aliphatic heterocycles. The lowest BCUT2D eigenvalue weighted by atomic mass is 10.1. The Morgan fingerprint density at radius 3 is 3.10 bits per heavy atom. The molecule has 1 unspecified atom stereocenters. The van der Waals surface area contributed by atoms with Crippen molar-refractivity contribution in [2.24, 2.45) is 0 Å². The van der Waals surface area contributed by atoms with Gasteiger partial charge in [0.25, 0.3) is 5.91 Å². The molecule has 1 aromatic carbocycles. The van der Waals surface area contributed by atoms with Crippen molar-refractivity contribution in [2.45, 2.75) is 38.9 Å². The number of benzene rings is 1. The van der Waals surface area contributed by atoms with Crippen molar-refractivity contribution in [3.63, 3.8) is 0 Å². The number of nitrogens with zero attached hydrogens (tertiary/aromatic N) is 3. The quantitative estimate of drug-likeness (QED) is 0.709. The molecule has 2 aromatic heterocycles. The van der Waals surface area contributed by atoms with E-state index in [1.807, 2.05) is 0 Å². The van der Waals surface area contributed by atoms with E-state index in [0.29, 0.717) is 29.0 Å². The van der Waals surface area contributed by atoms with Crippen LogP contribution in [-0.2, 0) is 25.9 Å². The van der Waals surface area contributed by atoms with Gasteiger partial charge in [0.05, 0.1) is 24.1 Å². The predicted octanol–water partition coefficient (Wildman–Crippen LogP) is 3.93. The summed E-state index contributed by atoms with van der Waals surface area (Å²) in [6.07, 6.45) is 3.54. The molecule has 2 aliphatic rings. The maximum atomic E-state index is 12.9. The van der Waals surface area contributed by atoms with E-state index in [1.54, 1.807) is 23.7 Å². The first kappa shape index (κ1) is 18.4.